The zero-order valence-corrected chi connectivity index (χ0v) is 17.1. The predicted octanol–water partition coefficient (Wildman–Crippen LogP) is 5.22. The summed E-state index contributed by atoms with van der Waals surface area (Å²) < 4.78 is 5.36. The maximum atomic E-state index is 11.3. The number of ether oxygens (including phenoxy) is 1. The smallest absolute Gasteiger partial charge is 0.303 e. The van der Waals surface area contributed by atoms with Crippen LogP contribution in [0.15, 0.2) is 11.6 Å². The number of rotatable bonds is 7. The van der Waals surface area contributed by atoms with Crippen molar-refractivity contribution in [2.75, 3.05) is 6.61 Å². The highest BCUT2D eigenvalue weighted by Gasteiger charge is 2.53. The molecule has 0 unspecified atom stereocenters. The SMILES string of the molecule is CC(=O)OCC1=CCC[C@@H]2[C@@](C)(CC[C@@H](C)CC(=O)O)[C@@H](C)CC[C@@]12C. The first-order valence-electron chi connectivity index (χ1n) is 10.1. The minimum Gasteiger partial charge on any atom is -0.481 e. The molecule has 26 heavy (non-hydrogen) atoms. The van der Waals surface area contributed by atoms with Crippen LogP contribution in [-0.4, -0.2) is 23.7 Å². The van der Waals surface area contributed by atoms with Crippen molar-refractivity contribution in [1.29, 1.82) is 0 Å². The van der Waals surface area contributed by atoms with Gasteiger partial charge in [0.05, 0.1) is 0 Å². The summed E-state index contributed by atoms with van der Waals surface area (Å²) in [6.45, 7) is 11.1. The molecule has 0 bridgehead atoms. The molecular weight excluding hydrogens is 328 g/mol. The highest BCUT2D eigenvalue weighted by molar-refractivity contribution is 5.67. The molecule has 2 aliphatic carbocycles. The zero-order valence-electron chi connectivity index (χ0n) is 17.1. The third-order valence-corrected chi connectivity index (χ3v) is 7.50. The lowest BCUT2D eigenvalue weighted by molar-refractivity contribution is -0.141. The van der Waals surface area contributed by atoms with Crippen molar-refractivity contribution in [3.63, 3.8) is 0 Å². The fourth-order valence-electron chi connectivity index (χ4n) is 5.56. The Bertz CT molecular complexity index is 566. The lowest BCUT2D eigenvalue weighted by atomic mass is 9.46. The number of hydrogen-bond donors (Lipinski definition) is 1. The van der Waals surface area contributed by atoms with E-state index < -0.39 is 5.97 Å². The zero-order chi connectivity index (χ0) is 19.5. The van der Waals surface area contributed by atoms with Gasteiger partial charge < -0.3 is 9.84 Å². The summed E-state index contributed by atoms with van der Waals surface area (Å²) in [7, 11) is 0. The molecule has 0 aromatic carbocycles. The standard InChI is InChI=1S/C22H36O4/c1-15(13-20(24)25)9-11-21(4)16(2)10-12-22(5)18(14-26-17(3)23)7-6-8-19(21)22/h7,15-16,19H,6,8-14H2,1-5H3,(H,24,25)/t15-,16+,19-,21+,22+/m1/s1. The molecule has 0 spiro atoms. The number of allylic oxidation sites excluding steroid dienone is 1. The van der Waals surface area contributed by atoms with Gasteiger partial charge in [-0.3, -0.25) is 9.59 Å². The van der Waals surface area contributed by atoms with Gasteiger partial charge in [-0.2, -0.15) is 0 Å². The topological polar surface area (TPSA) is 63.6 Å². The fourth-order valence-corrected chi connectivity index (χ4v) is 5.56. The van der Waals surface area contributed by atoms with Gasteiger partial charge in [0, 0.05) is 13.3 Å². The second-order valence-electron chi connectivity index (χ2n) is 9.24. The summed E-state index contributed by atoms with van der Waals surface area (Å²) in [6, 6.07) is 0. The van der Waals surface area contributed by atoms with Gasteiger partial charge in [0.2, 0.25) is 0 Å². The molecule has 0 aliphatic heterocycles. The average molecular weight is 365 g/mol. The van der Waals surface area contributed by atoms with E-state index >= 15 is 0 Å². The molecular formula is C22H36O4. The van der Waals surface area contributed by atoms with Crippen LogP contribution in [-0.2, 0) is 14.3 Å². The average Bonchev–Trinajstić information content (AvgIpc) is 2.55. The van der Waals surface area contributed by atoms with Gasteiger partial charge in [0.1, 0.15) is 6.61 Å². The van der Waals surface area contributed by atoms with Crippen LogP contribution in [0.5, 0.6) is 0 Å². The van der Waals surface area contributed by atoms with E-state index in [9.17, 15) is 9.59 Å². The Labute approximate surface area is 158 Å². The number of carbonyl (C=O) groups is 2. The molecule has 4 heteroatoms. The molecule has 2 aliphatic rings. The minimum absolute atomic E-state index is 0.0883. The van der Waals surface area contributed by atoms with Crippen molar-refractivity contribution in [2.45, 2.75) is 79.6 Å². The van der Waals surface area contributed by atoms with Crippen LogP contribution >= 0.6 is 0 Å². The minimum atomic E-state index is -0.701. The Morgan fingerprint density at radius 1 is 1.35 bits per heavy atom. The Balaban J connectivity index is 2.18. The van der Waals surface area contributed by atoms with E-state index in [1.54, 1.807) is 0 Å². The third-order valence-electron chi connectivity index (χ3n) is 7.50. The Morgan fingerprint density at radius 3 is 2.65 bits per heavy atom. The molecule has 0 heterocycles. The molecule has 0 amide bonds. The van der Waals surface area contributed by atoms with E-state index in [0.29, 0.717) is 18.4 Å². The van der Waals surface area contributed by atoms with Crippen molar-refractivity contribution < 1.29 is 19.4 Å². The van der Waals surface area contributed by atoms with Gasteiger partial charge >= 0.3 is 11.9 Å². The number of esters is 1. The molecule has 2 rings (SSSR count). The summed E-state index contributed by atoms with van der Waals surface area (Å²) >= 11 is 0. The number of carbonyl (C=O) groups excluding carboxylic acids is 1. The molecule has 1 N–H and O–H groups in total. The Morgan fingerprint density at radius 2 is 2.04 bits per heavy atom. The van der Waals surface area contributed by atoms with Gasteiger partial charge in [-0.25, -0.2) is 0 Å². The largest absolute Gasteiger partial charge is 0.481 e. The molecule has 1 fully saturated rings. The summed E-state index contributed by atoms with van der Waals surface area (Å²) in [5.41, 5.74) is 1.58. The van der Waals surface area contributed by atoms with Gasteiger partial charge in [0.25, 0.3) is 0 Å². The molecule has 5 atom stereocenters. The number of hydrogen-bond acceptors (Lipinski definition) is 3. The number of carboxylic acid groups (broad SMARTS) is 1. The normalized spacial score (nSPS) is 35.2. The molecule has 0 aromatic rings. The highest BCUT2D eigenvalue weighted by atomic mass is 16.5. The molecule has 0 radical (unpaired) electrons. The van der Waals surface area contributed by atoms with Crippen molar-refractivity contribution in [3.05, 3.63) is 11.6 Å². The summed E-state index contributed by atoms with van der Waals surface area (Å²) in [5, 5.41) is 9.06. The van der Waals surface area contributed by atoms with Crippen molar-refractivity contribution >= 4 is 11.9 Å². The highest BCUT2D eigenvalue weighted by Crippen LogP contribution is 2.62. The molecule has 4 nitrogen and oxygen atoms in total. The van der Waals surface area contributed by atoms with E-state index in [0.717, 1.165) is 25.7 Å². The molecule has 0 aromatic heterocycles. The van der Waals surface area contributed by atoms with E-state index in [1.165, 1.54) is 25.3 Å². The second kappa shape index (κ2) is 8.14. The third kappa shape index (κ3) is 4.32. The first-order chi connectivity index (χ1) is 12.1. The molecule has 148 valence electrons. The first kappa shape index (κ1) is 21.0. The van der Waals surface area contributed by atoms with Gasteiger partial charge in [0.15, 0.2) is 0 Å². The van der Waals surface area contributed by atoms with Crippen molar-refractivity contribution in [2.24, 2.45) is 28.6 Å². The van der Waals surface area contributed by atoms with Gasteiger partial charge in [-0.1, -0.05) is 33.8 Å². The van der Waals surface area contributed by atoms with E-state index in [2.05, 4.69) is 33.8 Å². The van der Waals surface area contributed by atoms with Crippen LogP contribution in [0.2, 0.25) is 0 Å². The lowest BCUT2D eigenvalue weighted by Gasteiger charge is -2.58. The van der Waals surface area contributed by atoms with Crippen molar-refractivity contribution in [3.8, 4) is 0 Å². The van der Waals surface area contributed by atoms with Crippen LogP contribution in [0, 0.1) is 28.6 Å². The fraction of sp³-hybridized carbons (Fsp3) is 0.818. The number of fused-ring (bicyclic) bond motifs is 1. The van der Waals surface area contributed by atoms with Crippen LogP contribution in [0.3, 0.4) is 0 Å². The van der Waals surface area contributed by atoms with Crippen LogP contribution in [0.1, 0.15) is 79.6 Å². The maximum Gasteiger partial charge on any atom is 0.303 e. The summed E-state index contributed by atoms with van der Waals surface area (Å²) in [6.07, 6.45) is 9.12. The number of aliphatic carboxylic acids is 1. The quantitative estimate of drug-likeness (QED) is 0.497. The number of carboxylic acids is 1. The van der Waals surface area contributed by atoms with E-state index in [4.69, 9.17) is 9.84 Å². The van der Waals surface area contributed by atoms with Crippen molar-refractivity contribution in [1.82, 2.24) is 0 Å². The maximum absolute atomic E-state index is 11.3. The summed E-state index contributed by atoms with van der Waals surface area (Å²) in [4.78, 5) is 22.3. The molecule has 1 saturated carbocycles. The van der Waals surface area contributed by atoms with Gasteiger partial charge in [-0.05, 0) is 72.7 Å². The Kier molecular flexibility index (Phi) is 6.57. The molecule has 0 saturated heterocycles. The van der Waals surface area contributed by atoms with Crippen LogP contribution in [0.25, 0.3) is 0 Å². The van der Waals surface area contributed by atoms with E-state index in [1.807, 2.05) is 0 Å². The van der Waals surface area contributed by atoms with Crippen LogP contribution < -0.4 is 0 Å². The monoisotopic (exact) mass is 364 g/mol. The second-order valence-corrected chi connectivity index (χ2v) is 9.24. The predicted molar refractivity (Wildman–Crippen MR) is 103 cm³/mol. The lowest BCUT2D eigenvalue weighted by Crippen LogP contribution is -2.50. The summed E-state index contributed by atoms with van der Waals surface area (Å²) in [5.74, 6) is 0.487. The van der Waals surface area contributed by atoms with Gasteiger partial charge in [-0.15, -0.1) is 0 Å². The first-order valence-corrected chi connectivity index (χ1v) is 10.1. The van der Waals surface area contributed by atoms with E-state index in [-0.39, 0.29) is 29.1 Å². The van der Waals surface area contributed by atoms with Crippen LogP contribution in [0.4, 0.5) is 0 Å². The Hall–Kier alpha value is -1.32.